The van der Waals surface area contributed by atoms with Crippen molar-refractivity contribution in [3.63, 3.8) is 0 Å². The highest BCUT2D eigenvalue weighted by atomic mass is 16.5. The number of hydrogen-bond acceptors (Lipinski definition) is 4. The predicted molar refractivity (Wildman–Crippen MR) is 78.3 cm³/mol. The number of para-hydroxylation sites is 2. The summed E-state index contributed by atoms with van der Waals surface area (Å²) in [4.78, 5) is 4.13. The molecule has 1 aromatic heterocycles. The van der Waals surface area contributed by atoms with Gasteiger partial charge in [0.05, 0.1) is 16.8 Å². The Morgan fingerprint density at radius 1 is 1.00 bits per heavy atom. The van der Waals surface area contributed by atoms with Crippen LogP contribution in [-0.2, 0) is 0 Å². The molecule has 0 bridgehead atoms. The Labute approximate surface area is 116 Å². The Bertz CT molecular complexity index is 720. The van der Waals surface area contributed by atoms with Crippen LogP contribution in [0.25, 0.3) is 10.9 Å². The van der Waals surface area contributed by atoms with Crippen LogP contribution in [0, 0.1) is 11.3 Å². The van der Waals surface area contributed by atoms with Crippen LogP contribution in [0.15, 0.2) is 66.9 Å². The fraction of sp³-hybridized carbons (Fsp3) is 0. The maximum absolute atomic E-state index is 8.61. The molecule has 0 aliphatic heterocycles. The number of anilines is 1. The first-order valence-electron chi connectivity index (χ1n) is 6.03. The van der Waals surface area contributed by atoms with Gasteiger partial charge in [0.2, 0.25) is 0 Å². The molecule has 2 N–H and O–H groups in total. The van der Waals surface area contributed by atoms with Crippen LogP contribution in [0.3, 0.4) is 0 Å². The molecule has 0 unspecified atom stereocenters. The topological polar surface area (TPSA) is 68.9 Å². The fourth-order valence-corrected chi connectivity index (χ4v) is 1.64. The first-order chi connectivity index (χ1) is 9.83. The second-order valence-corrected chi connectivity index (χ2v) is 4.01. The number of nitrogens with one attached hydrogen (secondary N) is 1. The average molecular weight is 263 g/mol. The van der Waals surface area contributed by atoms with Crippen LogP contribution in [0.2, 0.25) is 0 Å². The lowest BCUT2D eigenvalue weighted by Gasteiger charge is -1.94. The van der Waals surface area contributed by atoms with Gasteiger partial charge in [-0.3, -0.25) is 15.7 Å². The normalized spacial score (nSPS) is 9.20. The van der Waals surface area contributed by atoms with Crippen molar-refractivity contribution in [1.29, 1.82) is 5.26 Å². The van der Waals surface area contributed by atoms with Crippen LogP contribution >= 0.6 is 0 Å². The third-order valence-electron chi connectivity index (χ3n) is 2.62. The van der Waals surface area contributed by atoms with E-state index in [0.29, 0.717) is 11.3 Å². The zero-order chi connectivity index (χ0) is 14.2. The highest BCUT2D eigenvalue weighted by Gasteiger charge is 1.94. The molecule has 3 rings (SSSR count). The second-order valence-electron chi connectivity index (χ2n) is 4.01. The molecule has 4 nitrogen and oxygen atoms in total. The van der Waals surface area contributed by atoms with Crippen molar-refractivity contribution in [1.82, 2.24) is 4.98 Å². The van der Waals surface area contributed by atoms with E-state index in [0.717, 1.165) is 10.9 Å². The van der Waals surface area contributed by atoms with Gasteiger partial charge in [-0.05, 0) is 24.3 Å². The molecule has 0 saturated heterocycles. The summed E-state index contributed by atoms with van der Waals surface area (Å²) in [6.45, 7) is 0. The summed E-state index contributed by atoms with van der Waals surface area (Å²) >= 11 is 0. The minimum Gasteiger partial charge on any atom is -0.291 e. The zero-order valence-corrected chi connectivity index (χ0v) is 10.7. The summed E-state index contributed by atoms with van der Waals surface area (Å²) in [5, 5.41) is 17.9. The Morgan fingerprint density at radius 2 is 1.70 bits per heavy atom. The summed E-state index contributed by atoms with van der Waals surface area (Å²) in [5.74, 6) is 0. The van der Waals surface area contributed by atoms with Gasteiger partial charge in [0.15, 0.2) is 0 Å². The van der Waals surface area contributed by atoms with Gasteiger partial charge in [0.25, 0.3) is 0 Å². The quantitative estimate of drug-likeness (QED) is 0.658. The summed E-state index contributed by atoms with van der Waals surface area (Å²) in [6, 6.07) is 20.8. The lowest BCUT2D eigenvalue weighted by atomic mass is 10.2. The number of rotatable bonds is 1. The third-order valence-corrected chi connectivity index (χ3v) is 2.62. The van der Waals surface area contributed by atoms with E-state index in [-0.39, 0.29) is 0 Å². The second kappa shape index (κ2) is 6.88. The number of hydrogen-bond donors (Lipinski definition) is 2. The number of nitriles is 1. The molecule has 4 heteroatoms. The summed E-state index contributed by atoms with van der Waals surface area (Å²) in [6.07, 6.45) is 1.59. The lowest BCUT2D eigenvalue weighted by molar-refractivity contribution is 0.389. The molecule has 0 amide bonds. The molecular weight excluding hydrogens is 250 g/mol. The summed E-state index contributed by atoms with van der Waals surface area (Å²) in [7, 11) is 0. The standard InChI is InChI=1S/C10H6N2.C6H7NO/c11-6-8-5-9-3-1-2-4-10(9)12-7-8;8-7-6-4-2-1-3-5-6/h1-5,7H;1-5,7-8H. The van der Waals surface area contributed by atoms with Crippen LogP contribution in [-0.4, -0.2) is 10.2 Å². The number of nitrogens with zero attached hydrogens (tertiary/aromatic N) is 2. The number of aromatic nitrogens is 1. The van der Waals surface area contributed by atoms with Gasteiger partial charge in [0, 0.05) is 11.6 Å². The Kier molecular flexibility index (Phi) is 4.65. The molecule has 0 saturated carbocycles. The minimum absolute atomic E-state index is 0.605. The maximum Gasteiger partial charge on any atom is 0.101 e. The predicted octanol–water partition coefficient (Wildman–Crippen LogP) is 3.59. The van der Waals surface area contributed by atoms with Gasteiger partial charge in [-0.25, -0.2) is 0 Å². The lowest BCUT2D eigenvalue weighted by Crippen LogP contribution is -1.85. The van der Waals surface area contributed by atoms with Crippen LogP contribution in [0.4, 0.5) is 5.69 Å². The van der Waals surface area contributed by atoms with Crippen molar-refractivity contribution in [3.8, 4) is 6.07 Å². The molecule has 2 aromatic carbocycles. The Morgan fingerprint density at radius 3 is 2.35 bits per heavy atom. The van der Waals surface area contributed by atoms with E-state index in [1.54, 1.807) is 18.3 Å². The molecule has 0 radical (unpaired) electrons. The van der Waals surface area contributed by atoms with Crippen molar-refractivity contribution in [3.05, 3.63) is 72.4 Å². The van der Waals surface area contributed by atoms with Crippen molar-refractivity contribution in [2.24, 2.45) is 0 Å². The molecule has 0 aliphatic rings. The molecule has 98 valence electrons. The van der Waals surface area contributed by atoms with E-state index >= 15 is 0 Å². The van der Waals surface area contributed by atoms with Gasteiger partial charge in [-0.15, -0.1) is 0 Å². The molecule has 20 heavy (non-hydrogen) atoms. The van der Waals surface area contributed by atoms with E-state index in [9.17, 15) is 0 Å². The van der Waals surface area contributed by atoms with E-state index in [1.165, 1.54) is 0 Å². The van der Waals surface area contributed by atoms with E-state index in [4.69, 9.17) is 10.5 Å². The highest BCUT2D eigenvalue weighted by Crippen LogP contribution is 2.11. The minimum atomic E-state index is 0.605. The summed E-state index contributed by atoms with van der Waals surface area (Å²) in [5.41, 5.74) is 4.27. The maximum atomic E-state index is 8.61. The molecule has 1 heterocycles. The zero-order valence-electron chi connectivity index (χ0n) is 10.7. The van der Waals surface area contributed by atoms with Gasteiger partial charge >= 0.3 is 0 Å². The molecule has 0 spiro atoms. The van der Waals surface area contributed by atoms with Crippen molar-refractivity contribution in [2.75, 3.05) is 5.48 Å². The Hall–Kier alpha value is -2.90. The van der Waals surface area contributed by atoms with Crippen LogP contribution < -0.4 is 5.48 Å². The number of fused-ring (bicyclic) bond motifs is 1. The van der Waals surface area contributed by atoms with Crippen LogP contribution in [0.1, 0.15) is 5.56 Å². The monoisotopic (exact) mass is 263 g/mol. The first-order valence-corrected chi connectivity index (χ1v) is 6.03. The number of pyridine rings is 1. The Balaban J connectivity index is 0.000000160. The number of benzene rings is 2. The largest absolute Gasteiger partial charge is 0.291 e. The van der Waals surface area contributed by atoms with Gasteiger partial charge in [-0.2, -0.15) is 5.26 Å². The highest BCUT2D eigenvalue weighted by molar-refractivity contribution is 5.79. The molecular formula is C16H13N3O. The first kappa shape index (κ1) is 13.5. The van der Waals surface area contributed by atoms with Gasteiger partial charge in [-0.1, -0.05) is 36.4 Å². The summed E-state index contributed by atoms with van der Waals surface area (Å²) < 4.78 is 0. The van der Waals surface area contributed by atoms with Gasteiger partial charge < -0.3 is 0 Å². The molecule has 0 aliphatic carbocycles. The van der Waals surface area contributed by atoms with Gasteiger partial charge in [0.1, 0.15) is 6.07 Å². The van der Waals surface area contributed by atoms with E-state index in [2.05, 4.69) is 11.1 Å². The average Bonchev–Trinajstić information content (AvgIpc) is 2.55. The third kappa shape index (κ3) is 3.55. The van der Waals surface area contributed by atoms with E-state index in [1.807, 2.05) is 54.0 Å². The molecule has 0 atom stereocenters. The smallest absolute Gasteiger partial charge is 0.101 e. The fourth-order valence-electron chi connectivity index (χ4n) is 1.64. The van der Waals surface area contributed by atoms with Crippen molar-refractivity contribution >= 4 is 16.6 Å². The molecule has 0 fully saturated rings. The SMILES string of the molecule is N#Cc1cnc2ccccc2c1.ONc1ccccc1. The molecule has 3 aromatic rings. The van der Waals surface area contributed by atoms with Crippen molar-refractivity contribution < 1.29 is 5.21 Å². The van der Waals surface area contributed by atoms with E-state index < -0.39 is 0 Å². The van der Waals surface area contributed by atoms with Crippen molar-refractivity contribution in [2.45, 2.75) is 0 Å². The van der Waals surface area contributed by atoms with Crippen LogP contribution in [0.5, 0.6) is 0 Å².